The van der Waals surface area contributed by atoms with E-state index < -0.39 is 0 Å². The van der Waals surface area contributed by atoms with Crippen LogP contribution in [0.15, 0.2) is 0 Å². The number of rotatable bonds is 4. The number of aromatic nitrogens is 2. The Labute approximate surface area is 89.6 Å². The molecule has 0 aliphatic heterocycles. The third-order valence-corrected chi connectivity index (χ3v) is 2.41. The predicted octanol–water partition coefficient (Wildman–Crippen LogP) is 1.04. The number of carbonyl (C=O) groups is 1. The SMILES string of the molecule is CCCc1[nH]nc(C(=O)N(C)CC)c1N. The number of aryl methyl sites for hydroxylation is 1. The quantitative estimate of drug-likeness (QED) is 0.779. The highest BCUT2D eigenvalue weighted by Crippen LogP contribution is 2.16. The molecule has 1 aromatic heterocycles. The minimum atomic E-state index is -0.131. The van der Waals surface area contributed by atoms with E-state index in [1.807, 2.05) is 6.92 Å². The molecule has 0 unspecified atom stereocenters. The molecule has 3 N–H and O–H groups in total. The van der Waals surface area contributed by atoms with Crippen molar-refractivity contribution in [2.45, 2.75) is 26.7 Å². The number of hydrogen-bond donors (Lipinski definition) is 2. The zero-order valence-electron chi connectivity index (χ0n) is 9.50. The number of hydrogen-bond acceptors (Lipinski definition) is 3. The summed E-state index contributed by atoms with van der Waals surface area (Å²) in [5, 5.41) is 6.77. The molecule has 0 saturated carbocycles. The van der Waals surface area contributed by atoms with Crippen molar-refractivity contribution in [1.29, 1.82) is 0 Å². The van der Waals surface area contributed by atoms with Gasteiger partial charge in [0.15, 0.2) is 5.69 Å². The van der Waals surface area contributed by atoms with Crippen LogP contribution in [0.3, 0.4) is 0 Å². The van der Waals surface area contributed by atoms with Crippen LogP contribution in [-0.2, 0) is 6.42 Å². The highest BCUT2D eigenvalue weighted by Gasteiger charge is 2.19. The first kappa shape index (κ1) is 11.6. The van der Waals surface area contributed by atoms with Gasteiger partial charge in [0.2, 0.25) is 0 Å². The summed E-state index contributed by atoms with van der Waals surface area (Å²) in [5.41, 5.74) is 7.52. The lowest BCUT2D eigenvalue weighted by atomic mass is 10.2. The molecule has 15 heavy (non-hydrogen) atoms. The van der Waals surface area contributed by atoms with Crippen LogP contribution in [0.4, 0.5) is 5.69 Å². The van der Waals surface area contributed by atoms with E-state index in [0.29, 0.717) is 17.9 Å². The van der Waals surface area contributed by atoms with Gasteiger partial charge in [-0.05, 0) is 13.3 Å². The second kappa shape index (κ2) is 4.82. The summed E-state index contributed by atoms with van der Waals surface area (Å²) in [4.78, 5) is 13.4. The molecule has 1 aromatic rings. The molecule has 5 nitrogen and oxygen atoms in total. The summed E-state index contributed by atoms with van der Waals surface area (Å²) in [6.07, 6.45) is 1.80. The normalized spacial score (nSPS) is 10.3. The third kappa shape index (κ3) is 2.29. The standard InChI is InChI=1S/C10H18N4O/c1-4-6-7-8(11)9(13-12-7)10(15)14(3)5-2/h4-6,11H2,1-3H3,(H,12,13). The maximum Gasteiger partial charge on any atom is 0.276 e. The lowest BCUT2D eigenvalue weighted by Gasteiger charge is -2.12. The van der Waals surface area contributed by atoms with Crippen LogP contribution in [0.1, 0.15) is 36.5 Å². The minimum absolute atomic E-state index is 0.131. The summed E-state index contributed by atoms with van der Waals surface area (Å²) < 4.78 is 0. The van der Waals surface area contributed by atoms with Gasteiger partial charge in [-0.25, -0.2) is 0 Å². The van der Waals surface area contributed by atoms with E-state index in [4.69, 9.17) is 5.73 Å². The van der Waals surface area contributed by atoms with Crippen LogP contribution < -0.4 is 5.73 Å². The van der Waals surface area contributed by atoms with Crippen molar-refractivity contribution in [3.8, 4) is 0 Å². The van der Waals surface area contributed by atoms with Gasteiger partial charge in [-0.15, -0.1) is 0 Å². The highest BCUT2D eigenvalue weighted by molar-refractivity contribution is 5.97. The zero-order chi connectivity index (χ0) is 11.4. The van der Waals surface area contributed by atoms with E-state index in [1.54, 1.807) is 11.9 Å². The average Bonchev–Trinajstić information content (AvgIpc) is 2.59. The molecule has 1 rings (SSSR count). The number of anilines is 1. The summed E-state index contributed by atoms with van der Waals surface area (Å²) in [6, 6.07) is 0. The molecule has 0 aliphatic carbocycles. The summed E-state index contributed by atoms with van der Waals surface area (Å²) in [6.45, 7) is 4.61. The van der Waals surface area contributed by atoms with E-state index in [1.165, 1.54) is 0 Å². The Morgan fingerprint density at radius 2 is 2.20 bits per heavy atom. The fourth-order valence-corrected chi connectivity index (χ4v) is 1.31. The Morgan fingerprint density at radius 3 is 2.73 bits per heavy atom. The molecule has 0 radical (unpaired) electrons. The Morgan fingerprint density at radius 1 is 1.53 bits per heavy atom. The number of nitrogens with one attached hydrogen (secondary N) is 1. The lowest BCUT2D eigenvalue weighted by Crippen LogP contribution is -2.27. The monoisotopic (exact) mass is 210 g/mol. The largest absolute Gasteiger partial charge is 0.395 e. The Hall–Kier alpha value is -1.52. The average molecular weight is 210 g/mol. The molecular formula is C10H18N4O. The van der Waals surface area contributed by atoms with E-state index >= 15 is 0 Å². The maximum atomic E-state index is 11.8. The smallest absolute Gasteiger partial charge is 0.276 e. The first-order chi connectivity index (χ1) is 7.11. The zero-order valence-corrected chi connectivity index (χ0v) is 9.50. The number of nitrogens with two attached hydrogens (primary N) is 1. The highest BCUT2D eigenvalue weighted by atomic mass is 16.2. The molecule has 0 aromatic carbocycles. The Kier molecular flexibility index (Phi) is 3.71. The number of amides is 1. The molecule has 1 heterocycles. The number of carbonyl (C=O) groups excluding carboxylic acids is 1. The van der Waals surface area contributed by atoms with Crippen molar-refractivity contribution < 1.29 is 4.79 Å². The van der Waals surface area contributed by atoms with Crippen LogP contribution in [0.5, 0.6) is 0 Å². The minimum Gasteiger partial charge on any atom is -0.395 e. The molecule has 1 amide bonds. The first-order valence-corrected chi connectivity index (χ1v) is 5.19. The number of H-pyrrole nitrogens is 1. The number of nitrogen functional groups attached to an aromatic ring is 1. The van der Waals surface area contributed by atoms with Crippen molar-refractivity contribution in [1.82, 2.24) is 15.1 Å². The first-order valence-electron chi connectivity index (χ1n) is 5.19. The van der Waals surface area contributed by atoms with Gasteiger partial charge in [0.05, 0.1) is 11.4 Å². The maximum absolute atomic E-state index is 11.8. The molecule has 0 fully saturated rings. The van der Waals surface area contributed by atoms with Gasteiger partial charge in [-0.2, -0.15) is 5.10 Å². The molecule has 0 bridgehead atoms. The van der Waals surface area contributed by atoms with E-state index in [2.05, 4.69) is 17.1 Å². The molecular weight excluding hydrogens is 192 g/mol. The van der Waals surface area contributed by atoms with Crippen LogP contribution in [-0.4, -0.2) is 34.6 Å². The van der Waals surface area contributed by atoms with Crippen molar-refractivity contribution in [3.05, 3.63) is 11.4 Å². The van der Waals surface area contributed by atoms with Gasteiger partial charge in [-0.1, -0.05) is 13.3 Å². The van der Waals surface area contributed by atoms with E-state index in [-0.39, 0.29) is 5.91 Å². The summed E-state index contributed by atoms with van der Waals surface area (Å²) in [5.74, 6) is -0.131. The van der Waals surface area contributed by atoms with Crippen molar-refractivity contribution >= 4 is 11.6 Å². The molecule has 5 heteroatoms. The van der Waals surface area contributed by atoms with Crippen molar-refractivity contribution in [2.75, 3.05) is 19.3 Å². The van der Waals surface area contributed by atoms with E-state index in [9.17, 15) is 4.79 Å². The number of aromatic amines is 1. The fraction of sp³-hybridized carbons (Fsp3) is 0.600. The van der Waals surface area contributed by atoms with Crippen LogP contribution in [0, 0.1) is 0 Å². The molecule has 84 valence electrons. The predicted molar refractivity (Wildman–Crippen MR) is 59.6 cm³/mol. The lowest BCUT2D eigenvalue weighted by molar-refractivity contribution is 0.0797. The second-order valence-corrected chi connectivity index (χ2v) is 3.53. The third-order valence-electron chi connectivity index (χ3n) is 2.41. The summed E-state index contributed by atoms with van der Waals surface area (Å²) >= 11 is 0. The number of nitrogens with zero attached hydrogens (tertiary/aromatic N) is 2. The Balaban J connectivity index is 2.91. The van der Waals surface area contributed by atoms with Crippen LogP contribution in [0.2, 0.25) is 0 Å². The van der Waals surface area contributed by atoms with Gasteiger partial charge < -0.3 is 10.6 Å². The topological polar surface area (TPSA) is 75.0 Å². The molecule has 0 spiro atoms. The van der Waals surface area contributed by atoms with Gasteiger partial charge in [0.1, 0.15) is 0 Å². The van der Waals surface area contributed by atoms with Gasteiger partial charge >= 0.3 is 0 Å². The molecule has 0 aliphatic rings. The van der Waals surface area contributed by atoms with Gasteiger partial charge in [0, 0.05) is 13.6 Å². The summed E-state index contributed by atoms with van der Waals surface area (Å²) in [7, 11) is 1.73. The molecule has 0 saturated heterocycles. The van der Waals surface area contributed by atoms with Gasteiger partial charge in [-0.3, -0.25) is 9.89 Å². The second-order valence-electron chi connectivity index (χ2n) is 3.53. The van der Waals surface area contributed by atoms with Crippen molar-refractivity contribution in [2.24, 2.45) is 0 Å². The fourth-order valence-electron chi connectivity index (χ4n) is 1.31. The molecule has 0 atom stereocenters. The van der Waals surface area contributed by atoms with Crippen molar-refractivity contribution in [3.63, 3.8) is 0 Å². The van der Waals surface area contributed by atoms with Crippen LogP contribution in [0.25, 0.3) is 0 Å². The van der Waals surface area contributed by atoms with Gasteiger partial charge in [0.25, 0.3) is 5.91 Å². The van der Waals surface area contributed by atoms with Crippen LogP contribution >= 0.6 is 0 Å². The van der Waals surface area contributed by atoms with E-state index in [0.717, 1.165) is 18.5 Å². The Bertz CT molecular complexity index is 345.